The average Bonchev–Trinajstić information content (AvgIpc) is 2.66. The number of nitrogens with one attached hydrogen (secondary N) is 2. The SMILES string of the molecule is Cc1nc(SCCC2CCNCC2)n[nH]1. The van der Waals surface area contributed by atoms with E-state index in [1.54, 1.807) is 11.8 Å². The number of piperidine rings is 1. The molecule has 2 heterocycles. The summed E-state index contributed by atoms with van der Waals surface area (Å²) in [6.07, 6.45) is 3.95. The summed E-state index contributed by atoms with van der Waals surface area (Å²) in [6.45, 7) is 4.31. The van der Waals surface area contributed by atoms with Crippen LogP contribution in [0.4, 0.5) is 0 Å². The zero-order chi connectivity index (χ0) is 10.5. The van der Waals surface area contributed by atoms with Crippen LogP contribution < -0.4 is 5.32 Å². The van der Waals surface area contributed by atoms with Crippen LogP contribution in [0.5, 0.6) is 0 Å². The van der Waals surface area contributed by atoms with Gasteiger partial charge in [0.15, 0.2) is 0 Å². The first-order valence-electron chi connectivity index (χ1n) is 5.57. The molecule has 2 rings (SSSR count). The molecule has 1 fully saturated rings. The van der Waals surface area contributed by atoms with E-state index < -0.39 is 0 Å². The number of aromatic amines is 1. The normalized spacial score (nSPS) is 18.2. The van der Waals surface area contributed by atoms with Crippen LogP contribution in [0.3, 0.4) is 0 Å². The van der Waals surface area contributed by atoms with Crippen molar-refractivity contribution < 1.29 is 0 Å². The Hall–Kier alpha value is -0.550. The second kappa shape index (κ2) is 5.51. The van der Waals surface area contributed by atoms with Crippen molar-refractivity contribution in [1.82, 2.24) is 20.5 Å². The fraction of sp³-hybridized carbons (Fsp3) is 0.800. The van der Waals surface area contributed by atoms with Crippen LogP contribution in [0.1, 0.15) is 25.1 Å². The third kappa shape index (κ3) is 3.50. The topological polar surface area (TPSA) is 53.6 Å². The van der Waals surface area contributed by atoms with Gasteiger partial charge in [0.25, 0.3) is 0 Å². The van der Waals surface area contributed by atoms with E-state index in [4.69, 9.17) is 0 Å². The highest BCUT2D eigenvalue weighted by atomic mass is 32.2. The van der Waals surface area contributed by atoms with Crippen molar-refractivity contribution in [2.75, 3.05) is 18.8 Å². The molecule has 0 radical (unpaired) electrons. The minimum Gasteiger partial charge on any atom is -0.317 e. The first-order chi connectivity index (χ1) is 7.34. The molecule has 1 aromatic heterocycles. The van der Waals surface area contributed by atoms with Crippen molar-refractivity contribution in [3.05, 3.63) is 5.82 Å². The quantitative estimate of drug-likeness (QED) is 0.766. The molecule has 1 saturated heterocycles. The molecule has 15 heavy (non-hydrogen) atoms. The molecular weight excluding hydrogens is 208 g/mol. The van der Waals surface area contributed by atoms with Gasteiger partial charge in [-0.1, -0.05) is 11.8 Å². The van der Waals surface area contributed by atoms with E-state index in [-0.39, 0.29) is 0 Å². The molecule has 4 nitrogen and oxygen atoms in total. The average molecular weight is 226 g/mol. The lowest BCUT2D eigenvalue weighted by molar-refractivity contribution is 0.367. The third-order valence-corrected chi connectivity index (χ3v) is 3.67. The van der Waals surface area contributed by atoms with E-state index in [1.165, 1.54) is 32.4 Å². The molecule has 1 aromatic rings. The van der Waals surface area contributed by atoms with Crippen molar-refractivity contribution in [3.8, 4) is 0 Å². The molecule has 0 amide bonds. The van der Waals surface area contributed by atoms with Crippen molar-refractivity contribution in [2.24, 2.45) is 5.92 Å². The van der Waals surface area contributed by atoms with Gasteiger partial charge in [0.2, 0.25) is 5.16 Å². The largest absolute Gasteiger partial charge is 0.317 e. The summed E-state index contributed by atoms with van der Waals surface area (Å²) in [7, 11) is 0. The van der Waals surface area contributed by atoms with E-state index >= 15 is 0 Å². The molecule has 1 aliphatic rings. The Kier molecular flexibility index (Phi) is 4.02. The van der Waals surface area contributed by atoms with Gasteiger partial charge in [0.05, 0.1) is 0 Å². The van der Waals surface area contributed by atoms with Gasteiger partial charge in [-0.15, -0.1) is 5.10 Å². The Morgan fingerprint density at radius 2 is 2.20 bits per heavy atom. The second-order valence-electron chi connectivity index (χ2n) is 4.03. The number of rotatable bonds is 4. The number of hydrogen-bond acceptors (Lipinski definition) is 4. The number of aromatic nitrogens is 3. The van der Waals surface area contributed by atoms with Gasteiger partial charge < -0.3 is 5.32 Å². The van der Waals surface area contributed by atoms with E-state index in [0.29, 0.717) is 0 Å². The third-order valence-electron chi connectivity index (χ3n) is 2.79. The number of thioether (sulfide) groups is 1. The molecule has 0 spiro atoms. The molecule has 0 atom stereocenters. The summed E-state index contributed by atoms with van der Waals surface area (Å²) in [5.74, 6) is 2.94. The maximum atomic E-state index is 4.28. The lowest BCUT2D eigenvalue weighted by atomic mass is 9.96. The highest BCUT2D eigenvalue weighted by Gasteiger charge is 2.12. The summed E-state index contributed by atoms with van der Waals surface area (Å²) in [4.78, 5) is 4.28. The van der Waals surface area contributed by atoms with Crippen LogP contribution in [-0.4, -0.2) is 34.0 Å². The summed E-state index contributed by atoms with van der Waals surface area (Å²) in [5, 5.41) is 11.3. The van der Waals surface area contributed by atoms with Gasteiger partial charge in [0.1, 0.15) is 5.82 Å². The van der Waals surface area contributed by atoms with Gasteiger partial charge in [0, 0.05) is 5.75 Å². The Morgan fingerprint density at radius 1 is 1.40 bits per heavy atom. The Balaban J connectivity index is 1.65. The number of H-pyrrole nitrogens is 1. The van der Waals surface area contributed by atoms with Gasteiger partial charge in [-0.25, -0.2) is 4.98 Å². The molecule has 0 saturated carbocycles. The van der Waals surface area contributed by atoms with Crippen LogP contribution in [0, 0.1) is 12.8 Å². The fourth-order valence-electron chi connectivity index (χ4n) is 1.87. The maximum Gasteiger partial charge on any atom is 0.208 e. The van der Waals surface area contributed by atoms with Crippen molar-refractivity contribution >= 4 is 11.8 Å². The standard InChI is InChI=1S/C10H18N4S/c1-8-12-10(14-13-8)15-7-4-9-2-5-11-6-3-9/h9,11H,2-7H2,1H3,(H,12,13,14). The van der Waals surface area contributed by atoms with Crippen molar-refractivity contribution in [2.45, 2.75) is 31.3 Å². The van der Waals surface area contributed by atoms with Crippen LogP contribution >= 0.6 is 11.8 Å². The zero-order valence-electron chi connectivity index (χ0n) is 9.12. The lowest BCUT2D eigenvalue weighted by Crippen LogP contribution is -2.27. The van der Waals surface area contributed by atoms with Crippen LogP contribution in [0.25, 0.3) is 0 Å². The molecule has 0 aromatic carbocycles. The molecule has 0 aliphatic carbocycles. The number of aryl methyl sites for hydroxylation is 1. The lowest BCUT2D eigenvalue weighted by Gasteiger charge is -2.21. The van der Waals surface area contributed by atoms with Crippen molar-refractivity contribution in [3.63, 3.8) is 0 Å². The summed E-state index contributed by atoms with van der Waals surface area (Å²) < 4.78 is 0. The van der Waals surface area contributed by atoms with Crippen LogP contribution in [0.2, 0.25) is 0 Å². The number of hydrogen-bond donors (Lipinski definition) is 2. The summed E-state index contributed by atoms with van der Waals surface area (Å²) >= 11 is 1.76. The molecule has 0 bridgehead atoms. The predicted octanol–water partition coefficient (Wildman–Crippen LogP) is 1.59. The summed E-state index contributed by atoms with van der Waals surface area (Å²) in [6, 6.07) is 0. The zero-order valence-corrected chi connectivity index (χ0v) is 9.94. The molecule has 0 unspecified atom stereocenters. The van der Waals surface area contributed by atoms with E-state index in [1.807, 2.05) is 6.92 Å². The smallest absolute Gasteiger partial charge is 0.208 e. The second-order valence-corrected chi connectivity index (χ2v) is 5.10. The van der Waals surface area contributed by atoms with Gasteiger partial charge >= 0.3 is 0 Å². The highest BCUT2D eigenvalue weighted by Crippen LogP contribution is 2.21. The van der Waals surface area contributed by atoms with E-state index in [2.05, 4.69) is 20.5 Å². The maximum absolute atomic E-state index is 4.28. The van der Waals surface area contributed by atoms with E-state index in [9.17, 15) is 0 Å². The molecule has 1 aliphatic heterocycles. The number of nitrogens with zero attached hydrogens (tertiary/aromatic N) is 2. The van der Waals surface area contributed by atoms with Crippen molar-refractivity contribution in [1.29, 1.82) is 0 Å². The molecule has 2 N–H and O–H groups in total. The van der Waals surface area contributed by atoms with Gasteiger partial charge in [-0.3, -0.25) is 5.10 Å². The minimum atomic E-state index is 0.890. The first kappa shape index (κ1) is 11.0. The van der Waals surface area contributed by atoms with Crippen LogP contribution in [-0.2, 0) is 0 Å². The molecular formula is C10H18N4S. The Morgan fingerprint density at radius 3 is 2.87 bits per heavy atom. The minimum absolute atomic E-state index is 0.890. The predicted molar refractivity (Wildman–Crippen MR) is 62.1 cm³/mol. The first-order valence-corrected chi connectivity index (χ1v) is 6.55. The monoisotopic (exact) mass is 226 g/mol. The summed E-state index contributed by atoms with van der Waals surface area (Å²) in [5.41, 5.74) is 0. The highest BCUT2D eigenvalue weighted by molar-refractivity contribution is 7.99. The molecule has 5 heteroatoms. The fourth-order valence-corrected chi connectivity index (χ4v) is 2.82. The van der Waals surface area contributed by atoms with Gasteiger partial charge in [-0.05, 0) is 45.2 Å². The van der Waals surface area contributed by atoms with Crippen LogP contribution in [0.15, 0.2) is 5.16 Å². The Labute approximate surface area is 94.6 Å². The molecule has 84 valence electrons. The Bertz CT molecular complexity index is 293. The van der Waals surface area contributed by atoms with Gasteiger partial charge in [-0.2, -0.15) is 0 Å². The van der Waals surface area contributed by atoms with E-state index in [0.717, 1.165) is 22.7 Å².